The molecule has 0 atom stereocenters. The molecule has 1 amide bonds. The van der Waals surface area contributed by atoms with Crippen LogP contribution in [0.2, 0.25) is 0 Å². The molecule has 1 fully saturated rings. The monoisotopic (exact) mass is 255 g/mol. The van der Waals surface area contributed by atoms with Gasteiger partial charge in [0, 0.05) is 12.5 Å². The van der Waals surface area contributed by atoms with Crippen molar-refractivity contribution in [2.45, 2.75) is 64.8 Å². The number of aliphatic carboxylic acids is 1. The van der Waals surface area contributed by atoms with Crippen molar-refractivity contribution >= 4 is 11.9 Å². The first-order valence-corrected chi connectivity index (χ1v) is 6.96. The highest BCUT2D eigenvalue weighted by molar-refractivity contribution is 5.87. The molecule has 1 rings (SSSR count). The lowest BCUT2D eigenvalue weighted by Gasteiger charge is -2.36. The van der Waals surface area contributed by atoms with Gasteiger partial charge in [0.05, 0.1) is 0 Å². The number of carbonyl (C=O) groups excluding carboxylic acids is 1. The van der Waals surface area contributed by atoms with Crippen LogP contribution in [0, 0.1) is 5.92 Å². The van der Waals surface area contributed by atoms with Gasteiger partial charge in [-0.15, -0.1) is 0 Å². The Kier molecular flexibility index (Phi) is 5.17. The van der Waals surface area contributed by atoms with E-state index in [0.29, 0.717) is 6.54 Å². The zero-order chi connectivity index (χ0) is 13.8. The van der Waals surface area contributed by atoms with Gasteiger partial charge in [0.1, 0.15) is 5.54 Å². The maximum atomic E-state index is 12.5. The molecule has 4 nitrogen and oxygen atoms in total. The summed E-state index contributed by atoms with van der Waals surface area (Å²) in [5, 5.41) is 9.25. The van der Waals surface area contributed by atoms with Crippen molar-refractivity contribution in [3.05, 3.63) is 0 Å². The van der Waals surface area contributed by atoms with Gasteiger partial charge in [0.2, 0.25) is 5.91 Å². The van der Waals surface area contributed by atoms with E-state index in [-0.39, 0.29) is 11.8 Å². The van der Waals surface area contributed by atoms with Crippen LogP contribution in [0.25, 0.3) is 0 Å². The summed E-state index contributed by atoms with van der Waals surface area (Å²) in [7, 11) is 0. The molecule has 0 unspecified atom stereocenters. The SMILES string of the molecule is CCN(C(=O)C1CCCCCC1)C(C)(C)C(=O)O. The van der Waals surface area contributed by atoms with E-state index in [1.807, 2.05) is 6.92 Å². The van der Waals surface area contributed by atoms with Crippen LogP contribution in [0.4, 0.5) is 0 Å². The zero-order valence-corrected chi connectivity index (χ0v) is 11.7. The van der Waals surface area contributed by atoms with Gasteiger partial charge in [0.25, 0.3) is 0 Å². The number of hydrogen-bond donors (Lipinski definition) is 1. The number of likely N-dealkylation sites (N-methyl/N-ethyl adjacent to an activating group) is 1. The molecule has 104 valence electrons. The third-order valence-corrected chi connectivity index (χ3v) is 3.98. The fraction of sp³-hybridized carbons (Fsp3) is 0.857. The molecule has 1 saturated carbocycles. The van der Waals surface area contributed by atoms with Gasteiger partial charge in [-0.2, -0.15) is 0 Å². The van der Waals surface area contributed by atoms with Gasteiger partial charge in [-0.3, -0.25) is 4.79 Å². The highest BCUT2D eigenvalue weighted by Gasteiger charge is 2.39. The Morgan fingerprint density at radius 3 is 2.06 bits per heavy atom. The minimum Gasteiger partial charge on any atom is -0.480 e. The second-order valence-corrected chi connectivity index (χ2v) is 5.64. The van der Waals surface area contributed by atoms with Crippen LogP contribution in [-0.2, 0) is 9.59 Å². The van der Waals surface area contributed by atoms with Crippen molar-refractivity contribution in [2.75, 3.05) is 6.54 Å². The molecule has 18 heavy (non-hydrogen) atoms. The Labute approximate surface area is 109 Å². The Balaban J connectivity index is 2.81. The topological polar surface area (TPSA) is 57.6 Å². The molecular weight excluding hydrogens is 230 g/mol. The van der Waals surface area contributed by atoms with Crippen molar-refractivity contribution < 1.29 is 14.7 Å². The summed E-state index contributed by atoms with van der Waals surface area (Å²) in [5.74, 6) is -0.899. The minimum absolute atomic E-state index is 0.0195. The summed E-state index contributed by atoms with van der Waals surface area (Å²) in [4.78, 5) is 25.3. The molecule has 0 radical (unpaired) electrons. The maximum Gasteiger partial charge on any atom is 0.329 e. The van der Waals surface area contributed by atoms with Crippen LogP contribution in [-0.4, -0.2) is 34.0 Å². The van der Waals surface area contributed by atoms with Crippen LogP contribution in [0.5, 0.6) is 0 Å². The first-order chi connectivity index (χ1) is 8.41. The van der Waals surface area contributed by atoms with Crippen LogP contribution >= 0.6 is 0 Å². The third-order valence-electron chi connectivity index (χ3n) is 3.98. The molecule has 1 aliphatic rings. The highest BCUT2D eigenvalue weighted by Crippen LogP contribution is 2.27. The van der Waals surface area contributed by atoms with E-state index < -0.39 is 11.5 Å². The lowest BCUT2D eigenvalue weighted by molar-refractivity contribution is -0.158. The summed E-state index contributed by atoms with van der Waals surface area (Å²) in [6.07, 6.45) is 6.37. The summed E-state index contributed by atoms with van der Waals surface area (Å²) in [6.45, 7) is 5.51. The van der Waals surface area contributed by atoms with E-state index >= 15 is 0 Å². The third kappa shape index (κ3) is 3.24. The number of rotatable bonds is 4. The quantitative estimate of drug-likeness (QED) is 0.786. The number of carbonyl (C=O) groups is 2. The molecule has 0 bridgehead atoms. The van der Waals surface area contributed by atoms with E-state index in [4.69, 9.17) is 0 Å². The minimum atomic E-state index is -1.11. The van der Waals surface area contributed by atoms with Crippen LogP contribution in [0.3, 0.4) is 0 Å². The molecule has 0 spiro atoms. The lowest BCUT2D eigenvalue weighted by Crippen LogP contribution is -2.54. The molecule has 0 aromatic heterocycles. The van der Waals surface area contributed by atoms with Gasteiger partial charge in [-0.1, -0.05) is 25.7 Å². The van der Waals surface area contributed by atoms with Gasteiger partial charge in [0.15, 0.2) is 0 Å². The predicted molar refractivity (Wildman–Crippen MR) is 70.3 cm³/mol. The summed E-state index contributed by atoms with van der Waals surface area (Å²) < 4.78 is 0. The second-order valence-electron chi connectivity index (χ2n) is 5.64. The average Bonchev–Trinajstić information content (AvgIpc) is 2.57. The fourth-order valence-corrected chi connectivity index (χ4v) is 2.69. The van der Waals surface area contributed by atoms with E-state index in [1.54, 1.807) is 13.8 Å². The van der Waals surface area contributed by atoms with Crippen LogP contribution < -0.4 is 0 Å². The summed E-state index contributed by atoms with van der Waals surface area (Å²) in [5.41, 5.74) is -1.11. The van der Waals surface area contributed by atoms with E-state index in [1.165, 1.54) is 17.7 Å². The van der Waals surface area contributed by atoms with Crippen molar-refractivity contribution in [2.24, 2.45) is 5.92 Å². The van der Waals surface area contributed by atoms with E-state index in [0.717, 1.165) is 25.7 Å². The number of hydrogen-bond acceptors (Lipinski definition) is 2. The van der Waals surface area contributed by atoms with Crippen molar-refractivity contribution in [3.8, 4) is 0 Å². The second kappa shape index (κ2) is 6.21. The summed E-state index contributed by atoms with van der Waals surface area (Å²) >= 11 is 0. The molecular formula is C14H25NO3. The van der Waals surface area contributed by atoms with Gasteiger partial charge < -0.3 is 10.0 Å². The molecule has 4 heteroatoms. The van der Waals surface area contributed by atoms with Gasteiger partial charge in [-0.05, 0) is 33.6 Å². The largest absolute Gasteiger partial charge is 0.480 e. The molecule has 1 aliphatic carbocycles. The number of amides is 1. The molecule has 0 aromatic carbocycles. The number of carboxylic acids is 1. The Hall–Kier alpha value is -1.06. The zero-order valence-electron chi connectivity index (χ0n) is 11.7. The maximum absolute atomic E-state index is 12.5. The van der Waals surface area contributed by atoms with Crippen molar-refractivity contribution in [3.63, 3.8) is 0 Å². The Bertz CT molecular complexity index is 304. The predicted octanol–water partition coefficient (Wildman–Crippen LogP) is 2.67. The average molecular weight is 255 g/mol. The van der Waals surface area contributed by atoms with Crippen LogP contribution in [0.15, 0.2) is 0 Å². The number of nitrogens with zero attached hydrogens (tertiary/aromatic N) is 1. The van der Waals surface area contributed by atoms with Crippen LogP contribution in [0.1, 0.15) is 59.3 Å². The first-order valence-electron chi connectivity index (χ1n) is 6.96. The molecule has 1 N–H and O–H groups in total. The van der Waals surface area contributed by atoms with E-state index in [2.05, 4.69) is 0 Å². The number of carboxylic acid groups (broad SMARTS) is 1. The Morgan fingerprint density at radius 1 is 1.17 bits per heavy atom. The smallest absolute Gasteiger partial charge is 0.329 e. The highest BCUT2D eigenvalue weighted by atomic mass is 16.4. The lowest BCUT2D eigenvalue weighted by atomic mass is 9.94. The molecule has 0 heterocycles. The summed E-state index contributed by atoms with van der Waals surface area (Å²) in [6, 6.07) is 0. The van der Waals surface area contributed by atoms with Crippen molar-refractivity contribution in [1.29, 1.82) is 0 Å². The standard InChI is InChI=1S/C14H25NO3/c1-4-15(14(2,3)13(17)18)12(16)11-9-7-5-6-8-10-11/h11H,4-10H2,1-3H3,(H,17,18). The van der Waals surface area contributed by atoms with Gasteiger partial charge >= 0.3 is 5.97 Å². The normalized spacial score (nSPS) is 18.2. The Morgan fingerprint density at radius 2 is 1.67 bits per heavy atom. The van der Waals surface area contributed by atoms with Crippen molar-refractivity contribution in [1.82, 2.24) is 4.90 Å². The fourth-order valence-electron chi connectivity index (χ4n) is 2.69. The van der Waals surface area contributed by atoms with Gasteiger partial charge in [-0.25, -0.2) is 4.79 Å². The van der Waals surface area contributed by atoms with E-state index in [9.17, 15) is 14.7 Å². The first kappa shape index (κ1) is 15.0. The molecule has 0 saturated heterocycles. The molecule has 0 aliphatic heterocycles. The molecule has 0 aromatic rings.